The molecular weight excluding hydrogens is 366 g/mol. The molecule has 0 nitrogen and oxygen atoms in total. The van der Waals surface area contributed by atoms with Crippen LogP contribution < -0.4 is 8.70 Å². The van der Waals surface area contributed by atoms with E-state index in [1.165, 1.54) is 22.3 Å². The van der Waals surface area contributed by atoms with Gasteiger partial charge >= 0.3 is 132 Å². The summed E-state index contributed by atoms with van der Waals surface area (Å²) in [6, 6.07) is 13.5. The topological polar surface area (TPSA) is 0 Å². The monoisotopic (exact) mass is 378 g/mol. The van der Waals surface area contributed by atoms with Gasteiger partial charge in [-0.25, -0.2) is 0 Å². The van der Waals surface area contributed by atoms with Crippen LogP contribution in [0.5, 0.6) is 0 Å². The quantitative estimate of drug-likeness (QED) is 0.663. The van der Waals surface area contributed by atoms with E-state index in [1.807, 2.05) is 0 Å². The van der Waals surface area contributed by atoms with E-state index in [1.54, 1.807) is 8.70 Å². The van der Waals surface area contributed by atoms with Gasteiger partial charge in [0.2, 0.25) is 0 Å². The molecule has 0 amide bonds. The number of allylic oxidation sites excluding steroid dienone is 2. The second-order valence-corrected chi connectivity index (χ2v) is 8.97. The van der Waals surface area contributed by atoms with Crippen molar-refractivity contribution in [2.45, 2.75) is 0 Å². The molecule has 0 radical (unpaired) electrons. The minimum absolute atomic E-state index is 0.157. The first-order chi connectivity index (χ1) is 9.93. The Kier molecular flexibility index (Phi) is 3.30. The summed E-state index contributed by atoms with van der Waals surface area (Å²) in [5.41, 5.74) is 5.74. The van der Waals surface area contributed by atoms with Crippen LogP contribution in [0.25, 0.3) is 23.3 Å². The summed E-state index contributed by atoms with van der Waals surface area (Å²) >= 11 is 0.314. The van der Waals surface area contributed by atoms with Crippen LogP contribution in [0.3, 0.4) is 0 Å². The van der Waals surface area contributed by atoms with Crippen LogP contribution >= 0.6 is 0 Å². The second-order valence-electron chi connectivity index (χ2n) is 4.76. The molecule has 0 aromatic heterocycles. The van der Waals surface area contributed by atoms with Gasteiger partial charge in [-0.2, -0.15) is 0 Å². The van der Waals surface area contributed by atoms with Crippen molar-refractivity contribution in [3.05, 3.63) is 59.7 Å². The number of hydrogen-bond donors (Lipinski definition) is 0. The first kappa shape index (κ1) is 12.5. The van der Waals surface area contributed by atoms with Crippen molar-refractivity contribution >= 4 is 61.1 Å². The normalized spacial score (nSPS) is 15.8. The van der Waals surface area contributed by atoms with Crippen LogP contribution in [0, 0.1) is 0 Å². The van der Waals surface area contributed by atoms with Crippen LogP contribution in [0.15, 0.2) is 48.6 Å². The molecule has 0 fully saturated rings. The average molecular weight is 378 g/mol. The zero-order valence-electron chi connectivity index (χ0n) is 10.8. The van der Waals surface area contributed by atoms with Crippen molar-refractivity contribution in [3.8, 4) is 11.1 Å². The molecule has 0 aliphatic carbocycles. The van der Waals surface area contributed by atoms with Crippen LogP contribution in [0.1, 0.15) is 11.1 Å². The molecular formula is C18H12As2. The van der Waals surface area contributed by atoms with Gasteiger partial charge in [0.05, 0.1) is 0 Å². The predicted molar refractivity (Wildman–Crippen MR) is 92.9 cm³/mol. The summed E-state index contributed by atoms with van der Waals surface area (Å²) in [6.07, 6.45) is 8.89. The van der Waals surface area contributed by atoms with E-state index >= 15 is 0 Å². The standard InChI is InChI=1S/C18H12As2/c1-5-13-7-3-11-19-17(13)15(9-1)16-10-2-6-14-8-4-12-20-18(14)16/h1-12H. The Morgan fingerprint density at radius 1 is 0.600 bits per heavy atom. The molecule has 94 valence electrons. The van der Waals surface area contributed by atoms with E-state index in [-0.39, 0.29) is 30.6 Å². The fourth-order valence-electron chi connectivity index (χ4n) is 2.64. The molecule has 2 aromatic rings. The third kappa shape index (κ3) is 2.08. The van der Waals surface area contributed by atoms with E-state index in [0.29, 0.717) is 0 Å². The zero-order valence-corrected chi connectivity index (χ0v) is 14.6. The number of benzene rings is 2. The van der Waals surface area contributed by atoms with E-state index in [2.05, 4.69) is 70.3 Å². The predicted octanol–water partition coefficient (Wildman–Crippen LogP) is 1.67. The summed E-state index contributed by atoms with van der Waals surface area (Å²) in [7, 11) is 0. The first-order valence-electron chi connectivity index (χ1n) is 6.61. The number of fused-ring (bicyclic) bond motifs is 2. The Morgan fingerprint density at radius 2 is 1.10 bits per heavy atom. The van der Waals surface area contributed by atoms with Gasteiger partial charge in [0, 0.05) is 0 Å². The van der Waals surface area contributed by atoms with Crippen molar-refractivity contribution in [3.63, 3.8) is 0 Å². The summed E-state index contributed by atoms with van der Waals surface area (Å²) < 4.78 is 3.13. The Morgan fingerprint density at radius 3 is 1.60 bits per heavy atom. The van der Waals surface area contributed by atoms with Crippen LogP contribution in [-0.2, 0) is 0 Å². The summed E-state index contributed by atoms with van der Waals surface area (Å²) in [6.45, 7) is 0. The molecule has 0 spiro atoms. The molecule has 20 heavy (non-hydrogen) atoms. The third-order valence-corrected chi connectivity index (χ3v) is 8.08. The summed E-state index contributed by atoms with van der Waals surface area (Å²) in [4.78, 5) is 4.69. The van der Waals surface area contributed by atoms with E-state index in [4.69, 9.17) is 0 Å². The molecule has 0 saturated heterocycles. The molecule has 2 heteroatoms. The van der Waals surface area contributed by atoms with Crippen molar-refractivity contribution in [1.29, 1.82) is 0 Å². The summed E-state index contributed by atoms with van der Waals surface area (Å²) in [5.74, 6) is 0. The maximum absolute atomic E-state index is 2.34. The van der Waals surface area contributed by atoms with Crippen molar-refractivity contribution in [1.82, 2.24) is 0 Å². The van der Waals surface area contributed by atoms with Crippen LogP contribution in [0.4, 0.5) is 0 Å². The number of rotatable bonds is 1. The third-order valence-electron chi connectivity index (χ3n) is 3.56. The molecule has 0 N–H and O–H groups in total. The van der Waals surface area contributed by atoms with E-state index in [0.717, 1.165) is 0 Å². The van der Waals surface area contributed by atoms with Gasteiger partial charge in [-0.15, -0.1) is 0 Å². The Balaban J connectivity index is 2.00. The van der Waals surface area contributed by atoms with E-state index < -0.39 is 0 Å². The minimum atomic E-state index is 0.157. The van der Waals surface area contributed by atoms with Gasteiger partial charge in [-0.05, 0) is 0 Å². The number of hydrogen-bond acceptors (Lipinski definition) is 0. The van der Waals surface area contributed by atoms with Crippen molar-refractivity contribution in [2.24, 2.45) is 0 Å². The Labute approximate surface area is 131 Å². The molecule has 2 aromatic carbocycles. The Hall–Kier alpha value is -1.22. The fraction of sp³-hybridized carbons (Fsp3) is 0. The Bertz CT molecular complexity index is 739. The van der Waals surface area contributed by atoms with Gasteiger partial charge in [0.1, 0.15) is 0 Å². The zero-order chi connectivity index (χ0) is 13.4. The van der Waals surface area contributed by atoms with Gasteiger partial charge in [0.15, 0.2) is 0 Å². The molecule has 2 heterocycles. The molecule has 0 atom stereocenters. The molecule has 0 bridgehead atoms. The van der Waals surface area contributed by atoms with Crippen molar-refractivity contribution in [2.75, 3.05) is 0 Å². The summed E-state index contributed by atoms with van der Waals surface area (Å²) in [5, 5.41) is 0. The molecule has 2 aliphatic heterocycles. The second kappa shape index (κ2) is 5.28. The maximum atomic E-state index is 2.34. The van der Waals surface area contributed by atoms with Gasteiger partial charge < -0.3 is 0 Å². The fourth-order valence-corrected chi connectivity index (χ4v) is 6.64. The molecule has 0 unspecified atom stereocenters. The van der Waals surface area contributed by atoms with Crippen molar-refractivity contribution < 1.29 is 0 Å². The van der Waals surface area contributed by atoms with E-state index in [9.17, 15) is 0 Å². The van der Waals surface area contributed by atoms with Gasteiger partial charge in [-0.3, -0.25) is 0 Å². The molecule has 0 saturated carbocycles. The van der Waals surface area contributed by atoms with Gasteiger partial charge in [0.25, 0.3) is 0 Å². The first-order valence-corrected chi connectivity index (χ1v) is 10.7. The van der Waals surface area contributed by atoms with Crippen LogP contribution in [-0.4, -0.2) is 40.2 Å². The van der Waals surface area contributed by atoms with Gasteiger partial charge in [-0.1, -0.05) is 0 Å². The SMILES string of the molecule is C1=Cc2cccc(-c3cccc4c3[As]=CC=C4)c2[As]=C1. The molecule has 4 rings (SSSR count). The van der Waals surface area contributed by atoms with Crippen LogP contribution in [0.2, 0.25) is 0 Å². The average Bonchev–Trinajstić information content (AvgIpc) is 2.54. The molecule has 2 aliphatic rings.